The fourth-order valence-electron chi connectivity index (χ4n) is 2.71. The third-order valence-electron chi connectivity index (χ3n) is 4.34. The highest BCUT2D eigenvalue weighted by Crippen LogP contribution is 2.27. The van der Waals surface area contributed by atoms with Gasteiger partial charge in [0, 0.05) is 20.7 Å². The fourth-order valence-corrected chi connectivity index (χ4v) is 3.22. The summed E-state index contributed by atoms with van der Waals surface area (Å²) in [5.41, 5.74) is 3.13. The molecule has 0 aromatic heterocycles. The summed E-state index contributed by atoms with van der Waals surface area (Å²) in [5, 5.41) is 13.0. The maximum absolute atomic E-state index is 12.6. The van der Waals surface area contributed by atoms with Crippen LogP contribution in [0, 0.1) is 18.3 Å². The van der Waals surface area contributed by atoms with E-state index in [1.54, 1.807) is 30.3 Å². The van der Waals surface area contributed by atoms with Crippen molar-refractivity contribution < 1.29 is 9.53 Å². The number of hydrogen-bond acceptors (Lipinski definition) is 3. The van der Waals surface area contributed by atoms with E-state index in [1.165, 1.54) is 6.08 Å². The number of rotatable bonds is 6. The first kappa shape index (κ1) is 21.6. The van der Waals surface area contributed by atoms with E-state index in [1.807, 2.05) is 49.4 Å². The monoisotopic (exact) mass is 480 g/mol. The lowest BCUT2D eigenvalue weighted by Gasteiger charge is -2.11. The summed E-state index contributed by atoms with van der Waals surface area (Å²) in [7, 11) is 0. The standard InChI is InChI=1S/C24H18BrClN2O2/c1-16-4-2-3-5-22(16)28-24(29)19(14-27)12-18-13-20(25)8-11-23(18)30-15-17-6-9-21(26)10-7-17/h2-13H,15H2,1H3,(H,28,29)/b19-12+. The van der Waals surface area contributed by atoms with Crippen LogP contribution in [-0.4, -0.2) is 5.91 Å². The van der Waals surface area contributed by atoms with E-state index in [0.29, 0.717) is 28.6 Å². The minimum Gasteiger partial charge on any atom is -0.488 e. The SMILES string of the molecule is Cc1ccccc1NC(=O)/C(C#N)=C/c1cc(Br)ccc1OCc1ccc(Cl)cc1. The molecule has 0 unspecified atom stereocenters. The Morgan fingerprint density at radius 1 is 1.17 bits per heavy atom. The average Bonchev–Trinajstić information content (AvgIpc) is 2.74. The molecular formula is C24H18BrClN2O2. The van der Waals surface area contributed by atoms with E-state index < -0.39 is 5.91 Å². The number of aryl methyl sites for hydroxylation is 1. The smallest absolute Gasteiger partial charge is 0.266 e. The molecule has 0 radical (unpaired) electrons. The van der Waals surface area contributed by atoms with Crippen molar-refractivity contribution in [1.82, 2.24) is 0 Å². The highest BCUT2D eigenvalue weighted by Gasteiger charge is 2.13. The Hall–Kier alpha value is -3.07. The second-order valence-corrected chi connectivity index (χ2v) is 7.89. The first-order chi connectivity index (χ1) is 14.5. The van der Waals surface area contributed by atoms with Crippen molar-refractivity contribution in [2.24, 2.45) is 0 Å². The third kappa shape index (κ3) is 5.73. The molecule has 30 heavy (non-hydrogen) atoms. The van der Waals surface area contributed by atoms with Crippen LogP contribution in [0.1, 0.15) is 16.7 Å². The molecule has 0 fully saturated rings. The van der Waals surface area contributed by atoms with Gasteiger partial charge in [0.25, 0.3) is 5.91 Å². The first-order valence-electron chi connectivity index (χ1n) is 9.12. The van der Waals surface area contributed by atoms with Crippen molar-refractivity contribution in [2.75, 3.05) is 5.32 Å². The van der Waals surface area contributed by atoms with Crippen molar-refractivity contribution >= 4 is 45.2 Å². The molecule has 0 heterocycles. The summed E-state index contributed by atoms with van der Waals surface area (Å²) >= 11 is 9.35. The van der Waals surface area contributed by atoms with E-state index in [9.17, 15) is 10.1 Å². The van der Waals surface area contributed by atoms with Crippen molar-refractivity contribution in [3.8, 4) is 11.8 Å². The molecule has 3 aromatic rings. The number of hydrogen-bond donors (Lipinski definition) is 1. The minimum absolute atomic E-state index is 0.0207. The highest BCUT2D eigenvalue weighted by molar-refractivity contribution is 9.10. The van der Waals surface area contributed by atoms with Gasteiger partial charge in [0.2, 0.25) is 0 Å². The largest absolute Gasteiger partial charge is 0.488 e. The number of amides is 1. The Morgan fingerprint density at radius 2 is 1.90 bits per heavy atom. The Bertz CT molecular complexity index is 1130. The summed E-state index contributed by atoms with van der Waals surface area (Å²) in [6.07, 6.45) is 1.52. The molecule has 6 heteroatoms. The number of nitriles is 1. The Morgan fingerprint density at radius 3 is 2.60 bits per heavy atom. The molecular weight excluding hydrogens is 464 g/mol. The Balaban J connectivity index is 1.83. The molecule has 3 aromatic carbocycles. The van der Waals surface area contributed by atoms with Crippen LogP contribution in [0.25, 0.3) is 6.08 Å². The van der Waals surface area contributed by atoms with Gasteiger partial charge < -0.3 is 10.1 Å². The summed E-state index contributed by atoms with van der Waals surface area (Å²) in [6.45, 7) is 2.22. The van der Waals surface area contributed by atoms with Crippen molar-refractivity contribution in [3.05, 3.63) is 98.5 Å². The van der Waals surface area contributed by atoms with E-state index in [4.69, 9.17) is 16.3 Å². The Kier molecular flexibility index (Phi) is 7.29. The molecule has 0 aliphatic carbocycles. The number of halogens is 2. The van der Waals surface area contributed by atoms with Crippen LogP contribution in [0.15, 0.2) is 76.8 Å². The van der Waals surface area contributed by atoms with Gasteiger partial charge in [-0.05, 0) is 60.5 Å². The van der Waals surface area contributed by atoms with Crippen molar-refractivity contribution in [3.63, 3.8) is 0 Å². The summed E-state index contributed by atoms with van der Waals surface area (Å²) < 4.78 is 6.74. The number of nitrogens with zero attached hydrogens (tertiary/aromatic N) is 1. The number of nitrogens with one attached hydrogen (secondary N) is 1. The molecule has 150 valence electrons. The molecule has 0 atom stereocenters. The number of benzene rings is 3. The van der Waals surface area contributed by atoms with Gasteiger partial charge in [-0.25, -0.2) is 0 Å². The molecule has 0 aliphatic rings. The van der Waals surface area contributed by atoms with Crippen LogP contribution in [0.5, 0.6) is 5.75 Å². The molecule has 0 saturated heterocycles. The van der Waals surface area contributed by atoms with Gasteiger partial charge in [0.05, 0.1) is 0 Å². The van der Waals surface area contributed by atoms with E-state index >= 15 is 0 Å². The predicted molar refractivity (Wildman–Crippen MR) is 123 cm³/mol. The van der Waals surface area contributed by atoms with Crippen LogP contribution >= 0.6 is 27.5 Å². The van der Waals surface area contributed by atoms with Crippen LogP contribution in [0.4, 0.5) is 5.69 Å². The summed E-state index contributed by atoms with van der Waals surface area (Å²) in [6, 6.07) is 22.2. The van der Waals surface area contributed by atoms with Gasteiger partial charge in [-0.2, -0.15) is 5.26 Å². The fraction of sp³-hybridized carbons (Fsp3) is 0.0833. The lowest BCUT2D eigenvalue weighted by atomic mass is 10.1. The maximum Gasteiger partial charge on any atom is 0.266 e. The zero-order valence-electron chi connectivity index (χ0n) is 16.2. The maximum atomic E-state index is 12.6. The molecule has 0 aliphatic heterocycles. The number of anilines is 1. The molecule has 4 nitrogen and oxygen atoms in total. The van der Waals surface area contributed by atoms with Crippen LogP contribution < -0.4 is 10.1 Å². The Labute approximate surface area is 188 Å². The zero-order chi connectivity index (χ0) is 21.5. The first-order valence-corrected chi connectivity index (χ1v) is 10.3. The van der Waals surface area contributed by atoms with Gasteiger partial charge in [0.1, 0.15) is 24.0 Å². The lowest BCUT2D eigenvalue weighted by Crippen LogP contribution is -2.14. The summed E-state index contributed by atoms with van der Waals surface area (Å²) in [4.78, 5) is 12.6. The van der Waals surface area contributed by atoms with E-state index in [0.717, 1.165) is 15.6 Å². The number of carbonyl (C=O) groups excluding carboxylic acids is 1. The van der Waals surface area contributed by atoms with Gasteiger partial charge >= 0.3 is 0 Å². The van der Waals surface area contributed by atoms with Crippen LogP contribution in [-0.2, 0) is 11.4 Å². The van der Waals surface area contributed by atoms with E-state index in [-0.39, 0.29) is 5.57 Å². The molecule has 1 amide bonds. The van der Waals surface area contributed by atoms with Crippen LogP contribution in [0.2, 0.25) is 5.02 Å². The molecule has 0 spiro atoms. The molecule has 0 saturated carbocycles. The quantitative estimate of drug-likeness (QED) is 0.321. The number of carbonyl (C=O) groups is 1. The van der Waals surface area contributed by atoms with Gasteiger partial charge in [-0.3, -0.25) is 4.79 Å². The zero-order valence-corrected chi connectivity index (χ0v) is 18.5. The van der Waals surface area contributed by atoms with Gasteiger partial charge in [-0.15, -0.1) is 0 Å². The molecule has 0 bridgehead atoms. The normalized spacial score (nSPS) is 10.9. The lowest BCUT2D eigenvalue weighted by molar-refractivity contribution is -0.112. The van der Waals surface area contributed by atoms with E-state index in [2.05, 4.69) is 21.2 Å². The number of ether oxygens (including phenoxy) is 1. The molecule has 3 rings (SSSR count). The highest BCUT2D eigenvalue weighted by atomic mass is 79.9. The topological polar surface area (TPSA) is 62.1 Å². The number of para-hydroxylation sites is 1. The third-order valence-corrected chi connectivity index (χ3v) is 5.08. The predicted octanol–water partition coefficient (Wildman–Crippen LogP) is 6.54. The van der Waals surface area contributed by atoms with Crippen molar-refractivity contribution in [1.29, 1.82) is 5.26 Å². The second kappa shape index (κ2) is 10.1. The minimum atomic E-state index is -0.476. The van der Waals surface area contributed by atoms with Crippen molar-refractivity contribution in [2.45, 2.75) is 13.5 Å². The summed E-state index contributed by atoms with van der Waals surface area (Å²) in [5.74, 6) is 0.0834. The average molecular weight is 482 g/mol. The van der Waals surface area contributed by atoms with Gasteiger partial charge in [0.15, 0.2) is 0 Å². The molecule has 1 N–H and O–H groups in total. The van der Waals surface area contributed by atoms with Gasteiger partial charge in [-0.1, -0.05) is 57.9 Å². The second-order valence-electron chi connectivity index (χ2n) is 6.54. The van der Waals surface area contributed by atoms with Crippen LogP contribution in [0.3, 0.4) is 0 Å².